The van der Waals surface area contributed by atoms with Crippen LogP contribution in [0.15, 0.2) is 22.8 Å². The van der Waals surface area contributed by atoms with Crippen LogP contribution in [0.25, 0.3) is 0 Å². The molecule has 1 spiro atoms. The lowest BCUT2D eigenvalue weighted by atomic mass is 9.87. The van der Waals surface area contributed by atoms with Crippen LogP contribution < -0.4 is 0 Å². The van der Waals surface area contributed by atoms with E-state index < -0.39 is 15.6 Å². The van der Waals surface area contributed by atoms with E-state index in [1.165, 1.54) is 12.5 Å². The summed E-state index contributed by atoms with van der Waals surface area (Å²) in [6, 6.07) is 3.33. The SMILES string of the molecule is CS(=O)(=O)N1CCCC12CCCN(C(=O)c1ccco1)C2. The van der Waals surface area contributed by atoms with E-state index in [9.17, 15) is 13.2 Å². The zero-order chi connectivity index (χ0) is 15.1. The number of furan rings is 1. The molecule has 116 valence electrons. The standard InChI is InChI=1S/C14H20N2O4S/c1-21(18,19)16-9-4-7-14(16)6-3-8-15(11-14)13(17)12-5-2-10-20-12/h2,5,10H,3-4,6-9,11H2,1H3. The van der Waals surface area contributed by atoms with E-state index in [-0.39, 0.29) is 5.91 Å². The van der Waals surface area contributed by atoms with Crippen molar-refractivity contribution in [2.45, 2.75) is 31.2 Å². The van der Waals surface area contributed by atoms with Crippen molar-refractivity contribution in [3.63, 3.8) is 0 Å². The smallest absolute Gasteiger partial charge is 0.289 e. The summed E-state index contributed by atoms with van der Waals surface area (Å²) in [5, 5.41) is 0. The maximum absolute atomic E-state index is 12.4. The van der Waals surface area contributed by atoms with Gasteiger partial charge in [0.15, 0.2) is 5.76 Å². The van der Waals surface area contributed by atoms with Gasteiger partial charge in [0.25, 0.3) is 5.91 Å². The number of carbonyl (C=O) groups is 1. The van der Waals surface area contributed by atoms with Crippen LogP contribution in [0.3, 0.4) is 0 Å². The third kappa shape index (κ3) is 2.60. The van der Waals surface area contributed by atoms with Crippen LogP contribution in [0.1, 0.15) is 36.2 Å². The Morgan fingerprint density at radius 3 is 2.62 bits per heavy atom. The molecule has 0 saturated carbocycles. The fourth-order valence-corrected chi connectivity index (χ4v) is 5.09. The number of hydrogen-bond donors (Lipinski definition) is 0. The van der Waals surface area contributed by atoms with Gasteiger partial charge < -0.3 is 9.32 Å². The van der Waals surface area contributed by atoms with E-state index in [0.29, 0.717) is 25.4 Å². The Morgan fingerprint density at radius 2 is 2.00 bits per heavy atom. The summed E-state index contributed by atoms with van der Waals surface area (Å²) in [6.45, 7) is 1.67. The lowest BCUT2D eigenvalue weighted by Gasteiger charge is -2.44. The average Bonchev–Trinajstić information content (AvgIpc) is 3.07. The lowest BCUT2D eigenvalue weighted by Crippen LogP contribution is -2.58. The molecule has 21 heavy (non-hydrogen) atoms. The molecule has 1 atom stereocenters. The van der Waals surface area contributed by atoms with E-state index in [0.717, 1.165) is 25.7 Å². The first-order chi connectivity index (χ1) is 9.92. The first kappa shape index (κ1) is 14.6. The van der Waals surface area contributed by atoms with E-state index >= 15 is 0 Å². The van der Waals surface area contributed by atoms with Gasteiger partial charge >= 0.3 is 0 Å². The summed E-state index contributed by atoms with van der Waals surface area (Å²) < 4.78 is 30.8. The van der Waals surface area contributed by atoms with Crippen LogP contribution >= 0.6 is 0 Å². The zero-order valence-corrected chi connectivity index (χ0v) is 12.9. The van der Waals surface area contributed by atoms with Crippen molar-refractivity contribution in [3.8, 4) is 0 Å². The molecular formula is C14H20N2O4S. The molecule has 7 heteroatoms. The Balaban J connectivity index is 1.84. The molecular weight excluding hydrogens is 292 g/mol. The summed E-state index contributed by atoms with van der Waals surface area (Å²) in [5.41, 5.74) is -0.423. The van der Waals surface area contributed by atoms with Crippen molar-refractivity contribution >= 4 is 15.9 Å². The average molecular weight is 312 g/mol. The van der Waals surface area contributed by atoms with E-state index in [1.807, 2.05) is 0 Å². The van der Waals surface area contributed by atoms with Gasteiger partial charge in [-0.15, -0.1) is 0 Å². The second-order valence-corrected chi connectivity index (χ2v) is 7.88. The number of hydrogen-bond acceptors (Lipinski definition) is 4. The molecule has 0 radical (unpaired) electrons. The van der Waals surface area contributed by atoms with Crippen molar-refractivity contribution in [2.75, 3.05) is 25.9 Å². The second kappa shape index (κ2) is 5.14. The minimum atomic E-state index is -3.24. The molecule has 1 amide bonds. The summed E-state index contributed by atoms with van der Waals surface area (Å²) in [4.78, 5) is 14.1. The minimum Gasteiger partial charge on any atom is -0.459 e. The molecule has 0 N–H and O–H groups in total. The number of amides is 1. The Bertz CT molecular complexity index is 625. The molecule has 1 unspecified atom stereocenters. The van der Waals surface area contributed by atoms with Crippen LogP contribution in [-0.4, -0.2) is 55.0 Å². The van der Waals surface area contributed by atoms with Crippen molar-refractivity contribution in [3.05, 3.63) is 24.2 Å². The highest BCUT2D eigenvalue weighted by Gasteiger charge is 2.48. The van der Waals surface area contributed by atoms with Gasteiger partial charge in [0.05, 0.1) is 18.1 Å². The number of sulfonamides is 1. The van der Waals surface area contributed by atoms with Crippen LogP contribution in [0.5, 0.6) is 0 Å². The molecule has 3 heterocycles. The van der Waals surface area contributed by atoms with Crippen LogP contribution in [0, 0.1) is 0 Å². The minimum absolute atomic E-state index is 0.153. The van der Waals surface area contributed by atoms with E-state index in [1.54, 1.807) is 21.3 Å². The van der Waals surface area contributed by atoms with Crippen molar-refractivity contribution in [2.24, 2.45) is 0 Å². The van der Waals surface area contributed by atoms with Gasteiger partial charge in [0.1, 0.15) is 0 Å². The quantitative estimate of drug-likeness (QED) is 0.825. The maximum Gasteiger partial charge on any atom is 0.289 e. The predicted molar refractivity (Wildman–Crippen MR) is 77.4 cm³/mol. The molecule has 2 fully saturated rings. The summed E-state index contributed by atoms with van der Waals surface area (Å²) in [5.74, 6) is 0.162. The van der Waals surface area contributed by atoms with Gasteiger partial charge in [-0.3, -0.25) is 4.79 Å². The summed E-state index contributed by atoms with van der Waals surface area (Å²) >= 11 is 0. The normalized spacial score (nSPS) is 27.4. The molecule has 6 nitrogen and oxygen atoms in total. The first-order valence-electron chi connectivity index (χ1n) is 7.23. The molecule has 1 aromatic heterocycles. The molecule has 3 rings (SSSR count). The molecule has 0 aromatic carbocycles. The Morgan fingerprint density at radius 1 is 1.29 bits per heavy atom. The highest BCUT2D eigenvalue weighted by molar-refractivity contribution is 7.88. The number of carbonyl (C=O) groups excluding carboxylic acids is 1. The van der Waals surface area contributed by atoms with Gasteiger partial charge in [-0.1, -0.05) is 0 Å². The van der Waals surface area contributed by atoms with Gasteiger partial charge in [-0.05, 0) is 37.8 Å². The summed E-state index contributed by atoms with van der Waals surface area (Å²) in [7, 11) is -3.24. The van der Waals surface area contributed by atoms with Crippen LogP contribution in [0.2, 0.25) is 0 Å². The Kier molecular flexibility index (Phi) is 3.57. The number of rotatable bonds is 2. The Hall–Kier alpha value is -1.34. The maximum atomic E-state index is 12.4. The van der Waals surface area contributed by atoms with E-state index in [4.69, 9.17) is 4.42 Å². The molecule has 1 aromatic rings. The second-order valence-electron chi connectivity index (χ2n) is 5.97. The molecule has 2 aliphatic rings. The van der Waals surface area contributed by atoms with Crippen LogP contribution in [0.4, 0.5) is 0 Å². The largest absolute Gasteiger partial charge is 0.459 e. The van der Waals surface area contributed by atoms with E-state index in [2.05, 4.69) is 0 Å². The highest BCUT2D eigenvalue weighted by atomic mass is 32.2. The number of likely N-dealkylation sites (tertiary alicyclic amines) is 1. The van der Waals surface area contributed by atoms with Crippen LogP contribution in [-0.2, 0) is 10.0 Å². The summed E-state index contributed by atoms with van der Waals surface area (Å²) in [6.07, 6.45) is 6.05. The predicted octanol–water partition coefficient (Wildman–Crippen LogP) is 1.31. The topological polar surface area (TPSA) is 70.8 Å². The first-order valence-corrected chi connectivity index (χ1v) is 9.08. The number of piperidine rings is 1. The van der Waals surface area contributed by atoms with Gasteiger partial charge in [-0.25, -0.2) is 8.42 Å². The highest BCUT2D eigenvalue weighted by Crippen LogP contribution is 2.39. The van der Waals surface area contributed by atoms with Crippen molar-refractivity contribution in [1.82, 2.24) is 9.21 Å². The fourth-order valence-electron chi connectivity index (χ4n) is 3.68. The molecule has 2 aliphatic heterocycles. The van der Waals surface area contributed by atoms with Crippen molar-refractivity contribution in [1.29, 1.82) is 0 Å². The monoisotopic (exact) mass is 312 g/mol. The third-order valence-electron chi connectivity index (χ3n) is 4.51. The zero-order valence-electron chi connectivity index (χ0n) is 12.1. The molecule has 0 aliphatic carbocycles. The lowest BCUT2D eigenvalue weighted by molar-refractivity contribution is 0.0496. The molecule has 0 bridgehead atoms. The van der Waals surface area contributed by atoms with Gasteiger partial charge in [0.2, 0.25) is 10.0 Å². The Labute approximate surface area is 124 Å². The number of nitrogens with zero attached hydrogens (tertiary/aromatic N) is 2. The van der Waals surface area contributed by atoms with Crippen molar-refractivity contribution < 1.29 is 17.6 Å². The van der Waals surface area contributed by atoms with Gasteiger partial charge in [0, 0.05) is 19.6 Å². The fraction of sp³-hybridized carbons (Fsp3) is 0.643. The third-order valence-corrected chi connectivity index (χ3v) is 5.88. The molecule has 2 saturated heterocycles. The van der Waals surface area contributed by atoms with Gasteiger partial charge in [-0.2, -0.15) is 4.31 Å².